The van der Waals surface area contributed by atoms with Gasteiger partial charge in [0, 0.05) is 32.7 Å². The lowest BCUT2D eigenvalue weighted by Gasteiger charge is -2.29. The molecule has 1 fully saturated rings. The summed E-state index contributed by atoms with van der Waals surface area (Å²) in [4.78, 5) is 2.53. The Hall–Kier alpha value is -1.80. The van der Waals surface area contributed by atoms with Crippen LogP contribution in [0.4, 0.5) is 4.39 Å². The minimum atomic E-state index is -3.60. The Morgan fingerprint density at radius 2 is 1.64 bits per heavy atom. The van der Waals surface area contributed by atoms with Crippen molar-refractivity contribution in [1.82, 2.24) is 9.21 Å². The Bertz CT molecular complexity index is 848. The summed E-state index contributed by atoms with van der Waals surface area (Å²) in [5.41, 5.74) is 1.93. The van der Waals surface area contributed by atoms with E-state index in [0.29, 0.717) is 44.2 Å². The van der Waals surface area contributed by atoms with Gasteiger partial charge in [0.15, 0.2) is 0 Å². The summed E-state index contributed by atoms with van der Waals surface area (Å²) in [5, 5.41) is 0. The van der Waals surface area contributed by atoms with E-state index in [4.69, 9.17) is 4.74 Å². The van der Waals surface area contributed by atoms with Crippen LogP contribution in [0.25, 0.3) is 0 Å². The number of morpholine rings is 1. The summed E-state index contributed by atoms with van der Waals surface area (Å²) >= 11 is 0. The van der Waals surface area contributed by atoms with Crippen LogP contribution in [0.2, 0.25) is 0 Å². The third kappa shape index (κ3) is 5.61. The molecular formula is C21H27FN2O3S. The molecule has 1 heterocycles. The predicted octanol–water partition coefficient (Wildman–Crippen LogP) is 2.70. The monoisotopic (exact) mass is 406 g/mol. The number of hydrogen-bond donors (Lipinski definition) is 0. The Labute approximate surface area is 166 Å². The summed E-state index contributed by atoms with van der Waals surface area (Å²) in [6, 6.07) is 13.2. The molecule has 1 aliphatic heterocycles. The number of sulfonamides is 1. The average Bonchev–Trinajstić information content (AvgIpc) is 2.70. The molecule has 0 radical (unpaired) electrons. The topological polar surface area (TPSA) is 49.9 Å². The van der Waals surface area contributed by atoms with E-state index in [2.05, 4.69) is 4.90 Å². The summed E-state index contributed by atoms with van der Waals surface area (Å²) in [6.07, 6.45) is 0.536. The molecule has 7 heteroatoms. The smallest absolute Gasteiger partial charge is 0.243 e. The first-order valence-electron chi connectivity index (χ1n) is 9.56. The molecule has 0 spiro atoms. The molecule has 2 aromatic carbocycles. The summed E-state index contributed by atoms with van der Waals surface area (Å²) in [6.45, 7) is 6.36. The second kappa shape index (κ2) is 9.60. The van der Waals surface area contributed by atoms with Crippen molar-refractivity contribution in [2.24, 2.45) is 0 Å². The van der Waals surface area contributed by atoms with Crippen LogP contribution in [0.3, 0.4) is 0 Å². The van der Waals surface area contributed by atoms with Gasteiger partial charge in [-0.05, 0) is 43.2 Å². The van der Waals surface area contributed by atoms with Crippen molar-refractivity contribution in [2.75, 3.05) is 45.9 Å². The second-order valence-corrected chi connectivity index (χ2v) is 8.99. The van der Waals surface area contributed by atoms with Gasteiger partial charge in [0.25, 0.3) is 0 Å². The van der Waals surface area contributed by atoms with Crippen LogP contribution in [0.5, 0.6) is 0 Å². The highest BCUT2D eigenvalue weighted by Gasteiger charge is 2.25. The summed E-state index contributed by atoms with van der Waals surface area (Å²) < 4.78 is 46.5. The van der Waals surface area contributed by atoms with E-state index in [1.54, 1.807) is 24.3 Å². The maximum Gasteiger partial charge on any atom is 0.243 e. The highest BCUT2D eigenvalue weighted by Crippen LogP contribution is 2.17. The first-order valence-corrected chi connectivity index (χ1v) is 11.0. The van der Waals surface area contributed by atoms with E-state index >= 15 is 0 Å². The number of aryl methyl sites for hydroxylation is 1. The molecule has 0 aliphatic carbocycles. The third-order valence-corrected chi connectivity index (χ3v) is 6.90. The first kappa shape index (κ1) is 20.9. The molecule has 0 unspecified atom stereocenters. The SMILES string of the molecule is Cc1ccc(S(=O)(=O)N(CCc2ccc(F)cc2)CCN2CCOCC2)cc1. The molecule has 0 N–H and O–H groups in total. The van der Waals surface area contributed by atoms with E-state index < -0.39 is 10.0 Å². The third-order valence-electron chi connectivity index (χ3n) is 4.99. The van der Waals surface area contributed by atoms with Gasteiger partial charge >= 0.3 is 0 Å². The lowest BCUT2D eigenvalue weighted by atomic mass is 10.1. The van der Waals surface area contributed by atoms with E-state index in [-0.39, 0.29) is 5.82 Å². The van der Waals surface area contributed by atoms with Crippen molar-refractivity contribution in [3.63, 3.8) is 0 Å². The molecule has 5 nitrogen and oxygen atoms in total. The highest BCUT2D eigenvalue weighted by atomic mass is 32.2. The number of ether oxygens (including phenoxy) is 1. The Kier molecular flexibility index (Phi) is 7.18. The fraction of sp³-hybridized carbons (Fsp3) is 0.429. The predicted molar refractivity (Wildman–Crippen MR) is 107 cm³/mol. The normalized spacial score (nSPS) is 15.8. The number of rotatable bonds is 8. The quantitative estimate of drug-likeness (QED) is 0.676. The van der Waals surface area contributed by atoms with Gasteiger partial charge in [0.2, 0.25) is 10.0 Å². The van der Waals surface area contributed by atoms with Gasteiger partial charge in [-0.3, -0.25) is 4.90 Å². The Morgan fingerprint density at radius 3 is 2.29 bits per heavy atom. The van der Waals surface area contributed by atoms with Gasteiger partial charge in [-0.25, -0.2) is 12.8 Å². The standard InChI is InChI=1S/C21H27FN2O3S/c1-18-2-8-21(9-3-18)28(25,26)24(13-12-23-14-16-27-17-15-23)11-10-19-4-6-20(22)7-5-19/h2-9H,10-17H2,1H3. The highest BCUT2D eigenvalue weighted by molar-refractivity contribution is 7.89. The first-order chi connectivity index (χ1) is 13.4. The zero-order chi connectivity index (χ0) is 20.0. The van der Waals surface area contributed by atoms with E-state index in [1.165, 1.54) is 16.4 Å². The Morgan fingerprint density at radius 1 is 1.00 bits per heavy atom. The fourth-order valence-corrected chi connectivity index (χ4v) is 4.63. The van der Waals surface area contributed by atoms with Gasteiger partial charge in [0.05, 0.1) is 18.1 Å². The van der Waals surface area contributed by atoms with E-state index in [0.717, 1.165) is 24.2 Å². The lowest BCUT2D eigenvalue weighted by Crippen LogP contribution is -2.43. The van der Waals surface area contributed by atoms with Crippen molar-refractivity contribution in [3.05, 3.63) is 65.5 Å². The molecule has 1 saturated heterocycles. The zero-order valence-corrected chi connectivity index (χ0v) is 17.0. The summed E-state index contributed by atoms with van der Waals surface area (Å²) in [7, 11) is -3.60. The molecule has 1 aliphatic rings. The van der Waals surface area contributed by atoms with Gasteiger partial charge in [0.1, 0.15) is 5.82 Å². The van der Waals surface area contributed by atoms with Gasteiger partial charge in [-0.1, -0.05) is 29.8 Å². The fourth-order valence-electron chi connectivity index (χ4n) is 3.19. The van der Waals surface area contributed by atoms with Crippen LogP contribution in [0, 0.1) is 12.7 Å². The zero-order valence-electron chi connectivity index (χ0n) is 16.2. The van der Waals surface area contributed by atoms with Crippen molar-refractivity contribution >= 4 is 10.0 Å². The number of hydrogen-bond acceptors (Lipinski definition) is 4. The van der Waals surface area contributed by atoms with Gasteiger partial charge in [-0.2, -0.15) is 4.31 Å². The number of benzene rings is 2. The van der Waals surface area contributed by atoms with Crippen molar-refractivity contribution in [2.45, 2.75) is 18.2 Å². The number of nitrogens with zero attached hydrogens (tertiary/aromatic N) is 2. The molecule has 0 bridgehead atoms. The van der Waals surface area contributed by atoms with Crippen molar-refractivity contribution in [3.8, 4) is 0 Å². The molecular weight excluding hydrogens is 379 g/mol. The van der Waals surface area contributed by atoms with Crippen molar-refractivity contribution in [1.29, 1.82) is 0 Å². The van der Waals surface area contributed by atoms with Crippen LogP contribution in [0.15, 0.2) is 53.4 Å². The maximum absolute atomic E-state index is 13.2. The van der Waals surface area contributed by atoms with Gasteiger partial charge < -0.3 is 4.74 Å². The minimum Gasteiger partial charge on any atom is -0.379 e. The van der Waals surface area contributed by atoms with E-state index in [9.17, 15) is 12.8 Å². The molecule has 28 heavy (non-hydrogen) atoms. The van der Waals surface area contributed by atoms with Crippen LogP contribution in [0.1, 0.15) is 11.1 Å². The molecule has 0 aromatic heterocycles. The lowest BCUT2D eigenvalue weighted by molar-refractivity contribution is 0.0363. The van der Waals surface area contributed by atoms with Crippen LogP contribution in [-0.2, 0) is 21.2 Å². The largest absolute Gasteiger partial charge is 0.379 e. The molecule has 152 valence electrons. The van der Waals surface area contributed by atoms with Gasteiger partial charge in [-0.15, -0.1) is 0 Å². The minimum absolute atomic E-state index is 0.291. The summed E-state index contributed by atoms with van der Waals surface area (Å²) in [5.74, 6) is -0.291. The van der Waals surface area contributed by atoms with Crippen LogP contribution < -0.4 is 0 Å². The second-order valence-electron chi connectivity index (χ2n) is 7.05. The molecule has 3 rings (SSSR count). The maximum atomic E-state index is 13.2. The molecule has 0 saturated carbocycles. The van der Waals surface area contributed by atoms with Crippen LogP contribution in [-0.4, -0.2) is 63.6 Å². The van der Waals surface area contributed by atoms with Crippen LogP contribution >= 0.6 is 0 Å². The number of halogens is 1. The van der Waals surface area contributed by atoms with E-state index in [1.807, 2.05) is 19.1 Å². The van der Waals surface area contributed by atoms with Crippen molar-refractivity contribution < 1.29 is 17.5 Å². The molecule has 2 aromatic rings. The molecule has 0 atom stereocenters. The Balaban J connectivity index is 1.73. The molecule has 0 amide bonds. The average molecular weight is 407 g/mol.